The van der Waals surface area contributed by atoms with Gasteiger partial charge in [0.15, 0.2) is 0 Å². The van der Waals surface area contributed by atoms with E-state index >= 15 is 0 Å². The number of thiazole rings is 1. The van der Waals surface area contributed by atoms with Crippen LogP contribution in [0.4, 0.5) is 11.6 Å². The van der Waals surface area contributed by atoms with Crippen LogP contribution in [0.1, 0.15) is 42.3 Å². The highest BCUT2D eigenvalue weighted by Gasteiger charge is 2.22. The van der Waals surface area contributed by atoms with Crippen LogP contribution in [0.3, 0.4) is 0 Å². The van der Waals surface area contributed by atoms with Gasteiger partial charge in [0, 0.05) is 36.3 Å². The predicted octanol–water partition coefficient (Wildman–Crippen LogP) is 4.24. The number of fused-ring (bicyclic) bond motifs is 2. The van der Waals surface area contributed by atoms with Crippen LogP contribution >= 0.6 is 11.3 Å². The number of nitrogens with one attached hydrogen (secondary N) is 1. The zero-order valence-electron chi connectivity index (χ0n) is 18.7. The number of rotatable bonds is 6. The SMILES string of the molecule is CN(C)CCc1nc2cc(Nc3ncc4cc(C#N)c(=O)n(C5CCCC5)c4n3)ccc2s1. The van der Waals surface area contributed by atoms with Gasteiger partial charge in [0.05, 0.1) is 15.2 Å². The number of benzene rings is 1. The Kier molecular flexibility index (Phi) is 5.79. The Balaban J connectivity index is 1.49. The molecule has 1 saturated carbocycles. The standard InChI is InChI=1S/C24H25N7OS/c1-30(2)10-9-21-28-19-12-17(7-8-20(19)33-21)27-24-26-14-16-11-15(13-25)23(32)31(22(16)29-24)18-5-3-4-6-18/h7-8,11-12,14,18H,3-6,9-10H2,1-2H3,(H,26,27,29). The molecule has 0 saturated heterocycles. The monoisotopic (exact) mass is 459 g/mol. The van der Waals surface area contributed by atoms with Crippen LogP contribution in [-0.2, 0) is 6.42 Å². The summed E-state index contributed by atoms with van der Waals surface area (Å²) in [5, 5.41) is 14.5. The lowest BCUT2D eigenvalue weighted by atomic mass is 10.2. The van der Waals surface area contributed by atoms with Gasteiger partial charge in [0.1, 0.15) is 17.3 Å². The summed E-state index contributed by atoms with van der Waals surface area (Å²) in [5.41, 5.74) is 2.23. The fraction of sp³-hybridized carbons (Fsp3) is 0.375. The second-order valence-corrected chi connectivity index (χ2v) is 9.84. The normalized spacial score (nSPS) is 14.4. The van der Waals surface area contributed by atoms with Gasteiger partial charge in [-0.25, -0.2) is 9.97 Å². The first-order valence-electron chi connectivity index (χ1n) is 11.2. The van der Waals surface area contributed by atoms with Gasteiger partial charge in [0.2, 0.25) is 5.95 Å². The van der Waals surface area contributed by atoms with Crippen LogP contribution in [0.5, 0.6) is 0 Å². The van der Waals surface area contributed by atoms with E-state index in [0.717, 1.165) is 59.6 Å². The molecular weight excluding hydrogens is 434 g/mol. The van der Waals surface area contributed by atoms with Crippen LogP contribution in [0.15, 0.2) is 35.3 Å². The Labute approximate surface area is 195 Å². The van der Waals surface area contributed by atoms with E-state index in [0.29, 0.717) is 17.0 Å². The molecule has 1 fully saturated rings. The molecule has 0 aliphatic heterocycles. The molecular formula is C24H25N7OS. The van der Waals surface area contributed by atoms with Gasteiger partial charge in [-0.1, -0.05) is 12.8 Å². The third kappa shape index (κ3) is 4.32. The number of hydrogen-bond acceptors (Lipinski definition) is 8. The average Bonchev–Trinajstić information content (AvgIpc) is 3.47. The average molecular weight is 460 g/mol. The molecule has 1 N–H and O–H groups in total. The topological polar surface area (TPSA) is 99.7 Å². The highest BCUT2D eigenvalue weighted by Crippen LogP contribution is 2.31. The van der Waals surface area contributed by atoms with Gasteiger partial charge in [-0.3, -0.25) is 9.36 Å². The van der Waals surface area contributed by atoms with Gasteiger partial charge >= 0.3 is 0 Å². The van der Waals surface area contributed by atoms with Crippen LogP contribution in [-0.4, -0.2) is 45.1 Å². The molecule has 0 radical (unpaired) electrons. The van der Waals surface area contributed by atoms with E-state index in [4.69, 9.17) is 9.97 Å². The molecule has 1 aliphatic carbocycles. The van der Waals surface area contributed by atoms with Crippen molar-refractivity contribution in [1.29, 1.82) is 5.26 Å². The Bertz CT molecular complexity index is 1430. The zero-order valence-corrected chi connectivity index (χ0v) is 19.5. The number of pyridine rings is 1. The molecule has 1 aromatic carbocycles. The first-order valence-corrected chi connectivity index (χ1v) is 12.0. The molecule has 33 heavy (non-hydrogen) atoms. The van der Waals surface area contributed by atoms with E-state index < -0.39 is 0 Å². The zero-order chi connectivity index (χ0) is 22.9. The molecule has 0 unspecified atom stereocenters. The maximum atomic E-state index is 13.0. The minimum atomic E-state index is -0.268. The molecule has 4 aromatic rings. The van der Waals surface area contributed by atoms with E-state index in [9.17, 15) is 10.1 Å². The van der Waals surface area contributed by atoms with Gasteiger partial charge in [-0.05, 0) is 51.2 Å². The lowest BCUT2D eigenvalue weighted by Gasteiger charge is -2.17. The molecule has 0 amide bonds. The number of hydrogen-bond donors (Lipinski definition) is 1. The number of nitriles is 1. The fourth-order valence-corrected chi connectivity index (χ4v) is 5.31. The second-order valence-electron chi connectivity index (χ2n) is 8.72. The summed E-state index contributed by atoms with van der Waals surface area (Å²) < 4.78 is 2.85. The lowest BCUT2D eigenvalue weighted by molar-refractivity contribution is 0.413. The third-order valence-electron chi connectivity index (χ3n) is 6.04. The van der Waals surface area contributed by atoms with E-state index in [2.05, 4.69) is 35.4 Å². The summed E-state index contributed by atoms with van der Waals surface area (Å²) in [6, 6.07) is 9.74. The molecule has 3 aromatic heterocycles. The minimum Gasteiger partial charge on any atom is -0.324 e. The van der Waals surface area contributed by atoms with E-state index in [-0.39, 0.29) is 17.2 Å². The Morgan fingerprint density at radius 3 is 2.82 bits per heavy atom. The number of anilines is 2. The Hall–Kier alpha value is -3.35. The first kappa shape index (κ1) is 21.5. The quantitative estimate of drug-likeness (QED) is 0.460. The Morgan fingerprint density at radius 2 is 2.06 bits per heavy atom. The van der Waals surface area contributed by atoms with Crippen molar-refractivity contribution in [3.05, 3.63) is 51.4 Å². The highest BCUT2D eigenvalue weighted by atomic mass is 32.1. The predicted molar refractivity (Wildman–Crippen MR) is 131 cm³/mol. The van der Waals surface area contributed by atoms with E-state index in [1.165, 1.54) is 0 Å². The van der Waals surface area contributed by atoms with Crippen molar-refractivity contribution in [3.8, 4) is 6.07 Å². The van der Waals surface area contributed by atoms with Crippen molar-refractivity contribution in [1.82, 2.24) is 24.4 Å². The second kappa shape index (κ2) is 8.89. The fourth-order valence-electron chi connectivity index (χ4n) is 4.37. The van der Waals surface area contributed by atoms with Crippen molar-refractivity contribution < 1.29 is 0 Å². The van der Waals surface area contributed by atoms with Gasteiger partial charge in [-0.2, -0.15) is 10.2 Å². The van der Waals surface area contributed by atoms with Gasteiger partial charge < -0.3 is 10.2 Å². The van der Waals surface area contributed by atoms with Crippen LogP contribution in [0, 0.1) is 11.3 Å². The molecule has 168 valence electrons. The number of likely N-dealkylation sites (N-methyl/N-ethyl adjacent to an activating group) is 1. The summed E-state index contributed by atoms with van der Waals surface area (Å²) in [6.45, 7) is 0.964. The summed E-state index contributed by atoms with van der Waals surface area (Å²) in [4.78, 5) is 29.0. The molecule has 9 heteroatoms. The molecule has 3 heterocycles. The third-order valence-corrected chi connectivity index (χ3v) is 7.14. The van der Waals surface area contributed by atoms with E-state index in [1.807, 2.05) is 18.2 Å². The number of aromatic nitrogens is 4. The summed E-state index contributed by atoms with van der Waals surface area (Å²) in [5.74, 6) is 0.417. The smallest absolute Gasteiger partial charge is 0.270 e. The lowest BCUT2D eigenvalue weighted by Crippen LogP contribution is -2.26. The van der Waals surface area contributed by atoms with Crippen molar-refractivity contribution in [2.75, 3.05) is 26.0 Å². The first-order chi connectivity index (χ1) is 16.0. The van der Waals surface area contributed by atoms with Crippen LogP contribution < -0.4 is 10.9 Å². The molecule has 8 nitrogen and oxygen atoms in total. The van der Waals surface area contributed by atoms with Gasteiger partial charge in [0.25, 0.3) is 5.56 Å². The van der Waals surface area contributed by atoms with Crippen LogP contribution in [0.25, 0.3) is 21.3 Å². The molecule has 0 spiro atoms. The highest BCUT2D eigenvalue weighted by molar-refractivity contribution is 7.18. The maximum absolute atomic E-state index is 13.0. The van der Waals surface area contributed by atoms with Crippen molar-refractivity contribution in [3.63, 3.8) is 0 Å². The van der Waals surface area contributed by atoms with E-state index in [1.54, 1.807) is 28.2 Å². The van der Waals surface area contributed by atoms with Crippen molar-refractivity contribution in [2.45, 2.75) is 38.1 Å². The molecule has 0 atom stereocenters. The van der Waals surface area contributed by atoms with Crippen molar-refractivity contribution >= 4 is 44.2 Å². The van der Waals surface area contributed by atoms with Crippen molar-refractivity contribution in [2.24, 2.45) is 0 Å². The Morgan fingerprint density at radius 1 is 1.24 bits per heavy atom. The largest absolute Gasteiger partial charge is 0.324 e. The summed E-state index contributed by atoms with van der Waals surface area (Å²) >= 11 is 1.72. The number of nitrogens with zero attached hydrogens (tertiary/aromatic N) is 6. The maximum Gasteiger partial charge on any atom is 0.270 e. The minimum absolute atomic E-state index is 0.0722. The summed E-state index contributed by atoms with van der Waals surface area (Å²) in [7, 11) is 4.12. The summed E-state index contributed by atoms with van der Waals surface area (Å²) in [6.07, 6.45) is 6.61. The molecule has 1 aliphatic rings. The molecule has 0 bridgehead atoms. The molecule has 5 rings (SSSR count). The van der Waals surface area contributed by atoms with Crippen LogP contribution in [0.2, 0.25) is 0 Å². The van der Waals surface area contributed by atoms with Gasteiger partial charge in [-0.15, -0.1) is 11.3 Å².